The highest BCUT2D eigenvalue weighted by molar-refractivity contribution is 5.63. The van der Waals surface area contributed by atoms with Crippen LogP contribution in [0.1, 0.15) is 12.0 Å². The zero-order valence-electron chi connectivity index (χ0n) is 16.2. The first kappa shape index (κ1) is 19.7. The van der Waals surface area contributed by atoms with Gasteiger partial charge < -0.3 is 15.5 Å². The Kier molecular flexibility index (Phi) is 6.86. The minimum absolute atomic E-state index is 0.247. The molecule has 0 aliphatic carbocycles. The number of nitrogens with zero attached hydrogens (tertiary/aromatic N) is 4. The van der Waals surface area contributed by atoms with Crippen LogP contribution < -0.4 is 10.6 Å². The van der Waals surface area contributed by atoms with Gasteiger partial charge in [0.25, 0.3) is 0 Å². The van der Waals surface area contributed by atoms with Gasteiger partial charge in [-0.1, -0.05) is 12.1 Å². The summed E-state index contributed by atoms with van der Waals surface area (Å²) in [5, 5.41) is 6.56. The predicted octanol–water partition coefficient (Wildman–Crippen LogP) is 3.65. The molecule has 0 spiro atoms. The van der Waals surface area contributed by atoms with E-state index in [1.54, 1.807) is 18.5 Å². The number of hydrogen-bond donors (Lipinski definition) is 2. The van der Waals surface area contributed by atoms with E-state index in [1.807, 2.05) is 24.3 Å². The van der Waals surface area contributed by atoms with Crippen LogP contribution in [-0.2, 0) is 6.54 Å². The quantitative estimate of drug-likeness (QED) is 0.553. The zero-order valence-corrected chi connectivity index (χ0v) is 16.2. The van der Waals surface area contributed by atoms with Crippen LogP contribution in [0.2, 0.25) is 0 Å². The van der Waals surface area contributed by atoms with Gasteiger partial charge in [-0.2, -0.15) is 4.98 Å². The molecule has 0 bridgehead atoms. The summed E-state index contributed by atoms with van der Waals surface area (Å²) < 4.78 is 13.4. The van der Waals surface area contributed by atoms with E-state index in [4.69, 9.17) is 0 Å². The second kappa shape index (κ2) is 9.75. The van der Waals surface area contributed by atoms with Crippen molar-refractivity contribution in [3.63, 3.8) is 0 Å². The standard InChI is InChI=1S/C21H25FN6/c1-28(2)12-4-9-24-21-26-19(17-7-10-23-11-8-17)14-20(27-21)25-15-16-5-3-6-18(22)13-16/h3,5-8,10-11,13-14H,4,9,12,15H2,1-2H3,(H2,24,25,26,27). The lowest BCUT2D eigenvalue weighted by Gasteiger charge is -2.13. The molecule has 2 aromatic heterocycles. The van der Waals surface area contributed by atoms with Gasteiger partial charge in [0.2, 0.25) is 5.95 Å². The van der Waals surface area contributed by atoms with E-state index in [1.165, 1.54) is 12.1 Å². The largest absolute Gasteiger partial charge is 0.366 e. The highest BCUT2D eigenvalue weighted by atomic mass is 19.1. The Labute approximate surface area is 164 Å². The highest BCUT2D eigenvalue weighted by Gasteiger charge is 2.07. The number of halogens is 1. The maximum Gasteiger partial charge on any atom is 0.225 e. The summed E-state index contributed by atoms with van der Waals surface area (Å²) in [5.41, 5.74) is 2.61. The van der Waals surface area contributed by atoms with Crippen molar-refractivity contribution in [1.82, 2.24) is 19.9 Å². The topological polar surface area (TPSA) is 66.0 Å². The van der Waals surface area contributed by atoms with Crippen molar-refractivity contribution < 1.29 is 4.39 Å². The third-order valence-corrected chi connectivity index (χ3v) is 4.13. The van der Waals surface area contributed by atoms with Gasteiger partial charge in [0, 0.05) is 37.1 Å². The van der Waals surface area contributed by atoms with Gasteiger partial charge >= 0.3 is 0 Å². The summed E-state index contributed by atoms with van der Waals surface area (Å²) in [5.74, 6) is 0.999. The lowest BCUT2D eigenvalue weighted by atomic mass is 10.2. The van der Waals surface area contributed by atoms with Crippen molar-refractivity contribution in [1.29, 1.82) is 0 Å². The van der Waals surface area contributed by atoms with Gasteiger partial charge in [0.15, 0.2) is 0 Å². The van der Waals surface area contributed by atoms with Gasteiger partial charge in [-0.15, -0.1) is 0 Å². The summed E-state index contributed by atoms with van der Waals surface area (Å²) in [6.07, 6.45) is 4.46. The van der Waals surface area contributed by atoms with Crippen LogP contribution in [0, 0.1) is 5.82 Å². The summed E-state index contributed by atoms with van der Waals surface area (Å²) in [6, 6.07) is 12.2. The van der Waals surface area contributed by atoms with Crippen LogP contribution in [-0.4, -0.2) is 47.0 Å². The molecule has 6 nitrogen and oxygen atoms in total. The molecule has 3 rings (SSSR count). The molecule has 0 saturated carbocycles. The number of benzene rings is 1. The molecule has 2 N–H and O–H groups in total. The van der Waals surface area contributed by atoms with Crippen LogP contribution in [0.3, 0.4) is 0 Å². The van der Waals surface area contributed by atoms with Crippen LogP contribution in [0.5, 0.6) is 0 Å². The van der Waals surface area contributed by atoms with E-state index in [9.17, 15) is 4.39 Å². The molecule has 0 saturated heterocycles. The third-order valence-electron chi connectivity index (χ3n) is 4.13. The van der Waals surface area contributed by atoms with Crippen molar-refractivity contribution in [3.8, 4) is 11.3 Å². The Morgan fingerprint density at radius 3 is 2.57 bits per heavy atom. The molecule has 3 aromatic rings. The van der Waals surface area contributed by atoms with Gasteiger partial charge in [0.05, 0.1) is 5.69 Å². The van der Waals surface area contributed by atoms with Gasteiger partial charge in [-0.3, -0.25) is 4.98 Å². The fourth-order valence-corrected chi connectivity index (χ4v) is 2.72. The summed E-state index contributed by atoms with van der Waals surface area (Å²) >= 11 is 0. The van der Waals surface area contributed by atoms with Gasteiger partial charge in [0.1, 0.15) is 11.6 Å². The third kappa shape index (κ3) is 5.99. The van der Waals surface area contributed by atoms with E-state index in [0.717, 1.165) is 36.3 Å². The Morgan fingerprint density at radius 2 is 1.82 bits per heavy atom. The molecule has 0 atom stereocenters. The number of pyridine rings is 1. The normalized spacial score (nSPS) is 10.9. The fourth-order valence-electron chi connectivity index (χ4n) is 2.72. The minimum Gasteiger partial charge on any atom is -0.366 e. The van der Waals surface area contributed by atoms with E-state index >= 15 is 0 Å². The first-order chi connectivity index (χ1) is 13.6. The van der Waals surface area contributed by atoms with Crippen LogP contribution >= 0.6 is 0 Å². The summed E-state index contributed by atoms with van der Waals surface area (Å²) in [4.78, 5) is 15.4. The summed E-state index contributed by atoms with van der Waals surface area (Å²) in [6.45, 7) is 2.24. The van der Waals surface area contributed by atoms with E-state index in [0.29, 0.717) is 18.3 Å². The lowest BCUT2D eigenvalue weighted by molar-refractivity contribution is 0.405. The lowest BCUT2D eigenvalue weighted by Crippen LogP contribution is -2.17. The molecule has 0 amide bonds. The van der Waals surface area contributed by atoms with E-state index in [2.05, 4.69) is 44.6 Å². The Bertz CT molecular complexity index is 885. The van der Waals surface area contributed by atoms with Crippen LogP contribution in [0.4, 0.5) is 16.2 Å². The van der Waals surface area contributed by atoms with Gasteiger partial charge in [-0.05, 0) is 56.9 Å². The Morgan fingerprint density at radius 1 is 1.00 bits per heavy atom. The van der Waals surface area contributed by atoms with Crippen molar-refractivity contribution in [2.75, 3.05) is 37.8 Å². The smallest absolute Gasteiger partial charge is 0.225 e. The average Bonchev–Trinajstić information content (AvgIpc) is 2.70. The SMILES string of the molecule is CN(C)CCCNc1nc(NCc2cccc(F)c2)cc(-c2ccncc2)n1. The second-order valence-corrected chi connectivity index (χ2v) is 6.77. The molecule has 1 aromatic carbocycles. The number of rotatable bonds is 9. The molecule has 0 aliphatic heterocycles. The average molecular weight is 380 g/mol. The molecule has 28 heavy (non-hydrogen) atoms. The number of hydrogen-bond acceptors (Lipinski definition) is 6. The van der Waals surface area contributed by atoms with Crippen molar-refractivity contribution >= 4 is 11.8 Å². The molecule has 0 aliphatic rings. The fraction of sp³-hybridized carbons (Fsp3) is 0.286. The van der Waals surface area contributed by atoms with E-state index in [-0.39, 0.29) is 5.82 Å². The van der Waals surface area contributed by atoms with Crippen molar-refractivity contribution in [2.45, 2.75) is 13.0 Å². The monoisotopic (exact) mass is 380 g/mol. The predicted molar refractivity (Wildman–Crippen MR) is 111 cm³/mol. The molecule has 2 heterocycles. The molecule has 0 unspecified atom stereocenters. The number of aromatic nitrogens is 3. The second-order valence-electron chi connectivity index (χ2n) is 6.77. The first-order valence-electron chi connectivity index (χ1n) is 9.26. The maximum atomic E-state index is 13.4. The van der Waals surface area contributed by atoms with Gasteiger partial charge in [-0.25, -0.2) is 9.37 Å². The first-order valence-corrected chi connectivity index (χ1v) is 9.26. The number of nitrogens with one attached hydrogen (secondary N) is 2. The van der Waals surface area contributed by atoms with E-state index < -0.39 is 0 Å². The molecule has 0 radical (unpaired) electrons. The molecule has 146 valence electrons. The van der Waals surface area contributed by atoms with Crippen molar-refractivity contribution in [3.05, 3.63) is 66.2 Å². The minimum atomic E-state index is -0.247. The molecular weight excluding hydrogens is 355 g/mol. The molecular formula is C21H25FN6. The Hall–Kier alpha value is -3.06. The maximum absolute atomic E-state index is 13.4. The highest BCUT2D eigenvalue weighted by Crippen LogP contribution is 2.21. The number of anilines is 2. The zero-order chi connectivity index (χ0) is 19.8. The molecule has 0 fully saturated rings. The summed E-state index contributed by atoms with van der Waals surface area (Å²) in [7, 11) is 4.10. The van der Waals surface area contributed by atoms with Crippen molar-refractivity contribution in [2.24, 2.45) is 0 Å². The van der Waals surface area contributed by atoms with Crippen LogP contribution in [0.15, 0.2) is 54.9 Å². The molecule has 7 heteroatoms. The Balaban J connectivity index is 1.76. The van der Waals surface area contributed by atoms with Crippen LogP contribution in [0.25, 0.3) is 11.3 Å².